The second-order valence-corrected chi connectivity index (χ2v) is 3.60. The molecule has 3 heteroatoms. The number of benzene rings is 1. The minimum atomic E-state index is 0.912. The van der Waals surface area contributed by atoms with E-state index >= 15 is 0 Å². The van der Waals surface area contributed by atoms with Crippen LogP contribution in [-0.2, 0) is 6.42 Å². The molecule has 0 amide bonds. The van der Waals surface area contributed by atoms with Gasteiger partial charge in [-0.25, -0.2) is 0 Å². The van der Waals surface area contributed by atoms with Gasteiger partial charge in [0.2, 0.25) is 0 Å². The minimum absolute atomic E-state index is 0.912. The summed E-state index contributed by atoms with van der Waals surface area (Å²) in [6, 6.07) is 10.4. The second-order valence-electron chi connectivity index (χ2n) is 3.60. The lowest BCUT2D eigenvalue weighted by atomic mass is 10.1. The predicted octanol–water partition coefficient (Wildman–Crippen LogP) is 1.37. The molecule has 0 spiro atoms. The molecule has 15 heavy (non-hydrogen) atoms. The fraction of sp³-hybridized carbons (Fsp3) is 0.417. The first kappa shape index (κ1) is 11.6. The highest BCUT2D eigenvalue weighted by atomic mass is 15.3. The van der Waals surface area contributed by atoms with Gasteiger partial charge in [0.05, 0.1) is 0 Å². The van der Waals surface area contributed by atoms with Gasteiger partial charge >= 0.3 is 0 Å². The van der Waals surface area contributed by atoms with Crippen molar-refractivity contribution in [3.63, 3.8) is 0 Å². The van der Waals surface area contributed by atoms with Crippen LogP contribution in [0.3, 0.4) is 0 Å². The maximum atomic E-state index is 4.15. The largest absolute Gasteiger partial charge is 0.356 e. The molecule has 1 rings (SSSR count). The summed E-state index contributed by atoms with van der Waals surface area (Å²) < 4.78 is 0. The molecule has 3 nitrogen and oxygen atoms in total. The fourth-order valence-electron chi connectivity index (χ4n) is 1.40. The first-order chi connectivity index (χ1) is 7.24. The highest BCUT2D eigenvalue weighted by Gasteiger charge is 1.98. The van der Waals surface area contributed by atoms with Crippen molar-refractivity contribution < 1.29 is 0 Å². The third-order valence-corrected chi connectivity index (χ3v) is 2.18. The van der Waals surface area contributed by atoms with Gasteiger partial charge in [0.1, 0.15) is 0 Å². The Labute approximate surface area is 91.8 Å². The van der Waals surface area contributed by atoms with Crippen molar-refractivity contribution in [3.05, 3.63) is 35.9 Å². The minimum Gasteiger partial charge on any atom is -0.356 e. The molecule has 0 radical (unpaired) electrons. The van der Waals surface area contributed by atoms with E-state index in [1.165, 1.54) is 5.56 Å². The quantitative estimate of drug-likeness (QED) is 0.596. The molecular formula is C12H19N3. The Morgan fingerprint density at radius 2 is 1.93 bits per heavy atom. The van der Waals surface area contributed by atoms with Crippen LogP contribution in [0.15, 0.2) is 35.3 Å². The summed E-state index contributed by atoms with van der Waals surface area (Å²) in [4.78, 5) is 6.13. The van der Waals surface area contributed by atoms with Gasteiger partial charge in [0, 0.05) is 27.7 Å². The zero-order valence-electron chi connectivity index (χ0n) is 9.70. The highest BCUT2D eigenvalue weighted by Crippen LogP contribution is 1.98. The van der Waals surface area contributed by atoms with Crippen LogP contribution in [0.2, 0.25) is 0 Å². The molecule has 1 aromatic rings. The number of nitrogens with zero attached hydrogens (tertiary/aromatic N) is 2. The molecule has 0 aliphatic carbocycles. The first-order valence-electron chi connectivity index (χ1n) is 5.16. The van der Waals surface area contributed by atoms with Gasteiger partial charge in [0.15, 0.2) is 5.96 Å². The van der Waals surface area contributed by atoms with Crippen LogP contribution in [0.4, 0.5) is 0 Å². The van der Waals surface area contributed by atoms with Gasteiger partial charge in [-0.3, -0.25) is 4.99 Å². The van der Waals surface area contributed by atoms with Gasteiger partial charge in [0.25, 0.3) is 0 Å². The number of guanidine groups is 1. The summed E-state index contributed by atoms with van der Waals surface area (Å²) in [7, 11) is 5.76. The topological polar surface area (TPSA) is 27.6 Å². The molecule has 1 N–H and O–H groups in total. The van der Waals surface area contributed by atoms with Crippen LogP contribution < -0.4 is 5.32 Å². The molecule has 0 aliphatic rings. The molecule has 0 unspecified atom stereocenters. The molecule has 0 aliphatic heterocycles. The average molecular weight is 205 g/mol. The van der Waals surface area contributed by atoms with Crippen molar-refractivity contribution in [2.45, 2.75) is 6.42 Å². The van der Waals surface area contributed by atoms with Crippen molar-refractivity contribution in [2.24, 2.45) is 4.99 Å². The molecule has 0 saturated heterocycles. The van der Waals surface area contributed by atoms with Gasteiger partial charge in [-0.15, -0.1) is 0 Å². The van der Waals surface area contributed by atoms with Crippen molar-refractivity contribution in [3.8, 4) is 0 Å². The first-order valence-corrected chi connectivity index (χ1v) is 5.16. The van der Waals surface area contributed by atoms with E-state index in [1.54, 1.807) is 7.05 Å². The van der Waals surface area contributed by atoms with Gasteiger partial charge < -0.3 is 10.2 Å². The number of hydrogen-bond acceptors (Lipinski definition) is 1. The summed E-state index contributed by atoms with van der Waals surface area (Å²) in [6.45, 7) is 0.912. The Morgan fingerprint density at radius 1 is 1.27 bits per heavy atom. The lowest BCUT2D eigenvalue weighted by Crippen LogP contribution is -2.37. The van der Waals surface area contributed by atoms with E-state index in [9.17, 15) is 0 Å². The van der Waals surface area contributed by atoms with Crippen molar-refractivity contribution in [1.29, 1.82) is 0 Å². The molecular weight excluding hydrogens is 186 g/mol. The molecule has 0 saturated carbocycles. The fourth-order valence-corrected chi connectivity index (χ4v) is 1.40. The molecule has 0 bridgehead atoms. The Kier molecular flexibility index (Phi) is 4.68. The van der Waals surface area contributed by atoms with E-state index in [0.717, 1.165) is 18.9 Å². The third kappa shape index (κ3) is 4.02. The number of hydrogen-bond donors (Lipinski definition) is 1. The zero-order valence-corrected chi connectivity index (χ0v) is 9.70. The van der Waals surface area contributed by atoms with Crippen LogP contribution >= 0.6 is 0 Å². The second kappa shape index (κ2) is 6.06. The van der Waals surface area contributed by atoms with Crippen molar-refractivity contribution >= 4 is 5.96 Å². The van der Waals surface area contributed by atoms with Gasteiger partial charge in [-0.05, 0) is 12.0 Å². The maximum Gasteiger partial charge on any atom is 0.193 e. The number of nitrogens with one attached hydrogen (secondary N) is 1. The molecule has 0 aromatic heterocycles. The summed E-state index contributed by atoms with van der Waals surface area (Å²) in [5.41, 5.74) is 1.35. The monoisotopic (exact) mass is 205 g/mol. The highest BCUT2D eigenvalue weighted by molar-refractivity contribution is 5.79. The van der Waals surface area contributed by atoms with Crippen LogP contribution in [0.5, 0.6) is 0 Å². The van der Waals surface area contributed by atoms with Crippen molar-refractivity contribution in [1.82, 2.24) is 10.2 Å². The smallest absolute Gasteiger partial charge is 0.193 e. The standard InChI is InChI=1S/C12H19N3/c1-13-12(15(2)3)14-10-9-11-7-5-4-6-8-11/h4-8H,9-10H2,1-3H3,(H,13,14). The van der Waals surface area contributed by atoms with E-state index in [2.05, 4.69) is 34.6 Å². The molecule has 1 aromatic carbocycles. The Balaban J connectivity index is 2.33. The zero-order chi connectivity index (χ0) is 11.1. The van der Waals surface area contributed by atoms with E-state index in [4.69, 9.17) is 0 Å². The number of rotatable bonds is 3. The number of aliphatic imine (C=N–C) groups is 1. The summed E-state index contributed by atoms with van der Waals surface area (Å²) in [5, 5.41) is 3.29. The van der Waals surface area contributed by atoms with Crippen LogP contribution in [0.1, 0.15) is 5.56 Å². The van der Waals surface area contributed by atoms with E-state index in [0.29, 0.717) is 0 Å². The average Bonchev–Trinajstić information content (AvgIpc) is 2.25. The lowest BCUT2D eigenvalue weighted by molar-refractivity contribution is 0.583. The van der Waals surface area contributed by atoms with Gasteiger partial charge in [-0.2, -0.15) is 0 Å². The van der Waals surface area contributed by atoms with E-state index < -0.39 is 0 Å². The maximum absolute atomic E-state index is 4.15. The van der Waals surface area contributed by atoms with Gasteiger partial charge in [-0.1, -0.05) is 30.3 Å². The summed E-state index contributed by atoms with van der Waals surface area (Å²) in [6.07, 6.45) is 1.02. The summed E-state index contributed by atoms with van der Waals surface area (Å²) in [5.74, 6) is 0.922. The Hall–Kier alpha value is -1.51. The molecule has 0 heterocycles. The van der Waals surface area contributed by atoms with E-state index in [-0.39, 0.29) is 0 Å². The van der Waals surface area contributed by atoms with Crippen LogP contribution in [-0.4, -0.2) is 38.5 Å². The van der Waals surface area contributed by atoms with E-state index in [1.807, 2.05) is 25.1 Å². The van der Waals surface area contributed by atoms with Crippen LogP contribution in [0.25, 0.3) is 0 Å². The van der Waals surface area contributed by atoms with Crippen molar-refractivity contribution in [2.75, 3.05) is 27.7 Å². The normalized spacial score (nSPS) is 11.3. The SMILES string of the molecule is CN=C(NCCc1ccccc1)N(C)C. The van der Waals surface area contributed by atoms with Crippen LogP contribution in [0, 0.1) is 0 Å². The Morgan fingerprint density at radius 3 is 2.47 bits per heavy atom. The summed E-state index contributed by atoms with van der Waals surface area (Å²) >= 11 is 0. The lowest BCUT2D eigenvalue weighted by Gasteiger charge is -2.16. The molecule has 82 valence electrons. The Bertz CT molecular complexity index is 304. The molecule has 0 fully saturated rings. The predicted molar refractivity (Wildman–Crippen MR) is 65.2 cm³/mol. The molecule has 0 atom stereocenters. The third-order valence-electron chi connectivity index (χ3n) is 2.18.